The molecule has 39 heavy (non-hydrogen) atoms. The number of hydrazone groups is 1. The van der Waals surface area contributed by atoms with Gasteiger partial charge in [-0.1, -0.05) is 66.2 Å². The van der Waals surface area contributed by atoms with Crippen LogP contribution in [0, 0.1) is 6.92 Å². The number of benzene rings is 4. The molecule has 0 spiro atoms. The Hall–Kier alpha value is -5.23. The third-order valence-corrected chi connectivity index (χ3v) is 6.63. The van der Waals surface area contributed by atoms with Gasteiger partial charge in [-0.25, -0.2) is 4.68 Å². The van der Waals surface area contributed by atoms with Crippen LogP contribution in [-0.2, 0) is 4.79 Å². The Bertz CT molecular complexity index is 1680. The smallest absolute Gasteiger partial charge is 0.281 e. The van der Waals surface area contributed by atoms with Crippen molar-refractivity contribution in [2.24, 2.45) is 5.10 Å². The first-order valence-electron chi connectivity index (χ1n) is 12.7. The van der Waals surface area contributed by atoms with E-state index in [0.717, 1.165) is 33.8 Å². The molecule has 6 nitrogen and oxygen atoms in total. The minimum absolute atomic E-state index is 0.200. The van der Waals surface area contributed by atoms with E-state index < -0.39 is 0 Å². The van der Waals surface area contributed by atoms with Gasteiger partial charge in [0.1, 0.15) is 11.5 Å². The van der Waals surface area contributed by atoms with Crippen molar-refractivity contribution in [3.63, 3.8) is 0 Å². The van der Waals surface area contributed by atoms with Gasteiger partial charge in [-0.2, -0.15) is 15.2 Å². The minimum atomic E-state index is -0.200. The number of rotatable bonds is 6. The fraction of sp³-hybridized carbons (Fsp3) is 0.0606. The van der Waals surface area contributed by atoms with Crippen molar-refractivity contribution >= 4 is 23.4 Å². The molecule has 5 aromatic rings. The Balaban J connectivity index is 1.51. The van der Waals surface area contributed by atoms with E-state index in [9.17, 15) is 4.79 Å². The number of aryl methyl sites for hydroxylation is 1. The van der Waals surface area contributed by atoms with Crippen LogP contribution in [0.15, 0.2) is 126 Å². The van der Waals surface area contributed by atoms with Crippen LogP contribution in [-0.4, -0.2) is 28.5 Å². The van der Waals surface area contributed by atoms with Crippen LogP contribution in [0.5, 0.6) is 5.75 Å². The molecule has 0 saturated carbocycles. The predicted octanol–water partition coefficient (Wildman–Crippen LogP) is 6.69. The van der Waals surface area contributed by atoms with Crippen LogP contribution in [0.25, 0.3) is 23.0 Å². The van der Waals surface area contributed by atoms with Crippen LogP contribution in [0.2, 0.25) is 0 Å². The Morgan fingerprint density at radius 2 is 1.36 bits per heavy atom. The molecule has 0 N–H and O–H groups in total. The summed E-state index contributed by atoms with van der Waals surface area (Å²) in [5, 5.41) is 11.2. The quantitative estimate of drug-likeness (QED) is 0.239. The molecule has 0 unspecified atom stereocenters. The van der Waals surface area contributed by atoms with Crippen molar-refractivity contribution in [3.05, 3.63) is 138 Å². The second-order valence-corrected chi connectivity index (χ2v) is 9.27. The van der Waals surface area contributed by atoms with Gasteiger partial charge in [0, 0.05) is 22.9 Å². The largest absolute Gasteiger partial charge is 0.497 e. The summed E-state index contributed by atoms with van der Waals surface area (Å²) in [4.78, 5) is 13.9. The van der Waals surface area contributed by atoms with Gasteiger partial charge in [-0.3, -0.25) is 4.79 Å². The minimum Gasteiger partial charge on any atom is -0.497 e. The third-order valence-electron chi connectivity index (χ3n) is 6.63. The van der Waals surface area contributed by atoms with E-state index in [-0.39, 0.29) is 5.91 Å². The Morgan fingerprint density at radius 1 is 0.744 bits per heavy atom. The number of anilines is 1. The summed E-state index contributed by atoms with van der Waals surface area (Å²) in [5.74, 6) is 0.536. The Kier molecular flexibility index (Phi) is 6.35. The fourth-order valence-electron chi connectivity index (χ4n) is 4.55. The molecule has 0 fully saturated rings. The lowest BCUT2D eigenvalue weighted by Crippen LogP contribution is -2.21. The lowest BCUT2D eigenvalue weighted by Gasteiger charge is -2.10. The van der Waals surface area contributed by atoms with Crippen LogP contribution in [0.1, 0.15) is 16.7 Å². The number of aromatic nitrogens is 2. The van der Waals surface area contributed by atoms with Gasteiger partial charge in [-0.05, 0) is 61.5 Å². The van der Waals surface area contributed by atoms with Crippen molar-refractivity contribution in [2.75, 3.05) is 12.1 Å². The highest BCUT2D eigenvalue weighted by Crippen LogP contribution is 2.31. The van der Waals surface area contributed by atoms with Crippen molar-refractivity contribution in [1.82, 2.24) is 9.78 Å². The summed E-state index contributed by atoms with van der Waals surface area (Å²) in [6.07, 6.45) is 3.86. The molecule has 2 heterocycles. The van der Waals surface area contributed by atoms with Crippen molar-refractivity contribution in [3.8, 4) is 22.7 Å². The van der Waals surface area contributed by atoms with Gasteiger partial charge in [0.25, 0.3) is 5.91 Å². The number of carbonyl (C=O) groups excluding carboxylic acids is 1. The van der Waals surface area contributed by atoms with E-state index in [2.05, 4.69) is 31.2 Å². The van der Waals surface area contributed by atoms with Gasteiger partial charge < -0.3 is 4.74 Å². The zero-order valence-electron chi connectivity index (χ0n) is 21.7. The van der Waals surface area contributed by atoms with E-state index in [1.54, 1.807) is 7.11 Å². The summed E-state index contributed by atoms with van der Waals surface area (Å²) in [5.41, 5.74) is 7.28. The van der Waals surface area contributed by atoms with E-state index in [1.807, 2.05) is 102 Å². The molecular formula is C33H26N4O2. The molecule has 6 heteroatoms. The second kappa shape index (κ2) is 10.3. The van der Waals surface area contributed by atoms with E-state index in [4.69, 9.17) is 14.9 Å². The summed E-state index contributed by atoms with van der Waals surface area (Å²) >= 11 is 0. The van der Waals surface area contributed by atoms with E-state index >= 15 is 0 Å². The first-order valence-corrected chi connectivity index (χ1v) is 12.7. The monoisotopic (exact) mass is 510 g/mol. The van der Waals surface area contributed by atoms with Gasteiger partial charge >= 0.3 is 0 Å². The number of amides is 1. The van der Waals surface area contributed by atoms with Crippen molar-refractivity contribution in [1.29, 1.82) is 0 Å². The maximum absolute atomic E-state index is 13.9. The zero-order valence-corrected chi connectivity index (χ0v) is 21.7. The molecule has 4 aromatic carbocycles. The van der Waals surface area contributed by atoms with E-state index in [1.165, 1.54) is 10.6 Å². The molecule has 6 rings (SSSR count). The predicted molar refractivity (Wildman–Crippen MR) is 155 cm³/mol. The van der Waals surface area contributed by atoms with Gasteiger partial charge in [0.05, 0.1) is 29.8 Å². The molecule has 0 atom stereocenters. The maximum atomic E-state index is 13.9. The standard InChI is InChI=1S/C33H26N4O2/c1-23-13-15-24(16-14-23)31-26(22-36(34-31)27-9-5-3-6-10-27)21-30-32(25-17-19-29(39-2)20-18-25)35-37(33(30)38)28-11-7-4-8-12-28/h3-22H,1-2H3. The molecule has 1 aromatic heterocycles. The molecule has 0 bridgehead atoms. The Labute approximate surface area is 227 Å². The van der Waals surface area contributed by atoms with Crippen LogP contribution >= 0.6 is 0 Å². The lowest BCUT2D eigenvalue weighted by molar-refractivity contribution is -0.114. The first kappa shape index (κ1) is 24.1. The average Bonchev–Trinajstić information content (AvgIpc) is 3.56. The summed E-state index contributed by atoms with van der Waals surface area (Å²) < 4.78 is 7.19. The molecule has 1 amide bonds. The maximum Gasteiger partial charge on any atom is 0.281 e. The van der Waals surface area contributed by atoms with Crippen LogP contribution in [0.3, 0.4) is 0 Å². The van der Waals surface area contributed by atoms with Gasteiger partial charge in [0.15, 0.2) is 0 Å². The summed E-state index contributed by atoms with van der Waals surface area (Å²) in [6, 6.07) is 35.2. The molecule has 0 saturated heterocycles. The highest BCUT2D eigenvalue weighted by atomic mass is 16.5. The molecule has 0 aliphatic carbocycles. The molecular weight excluding hydrogens is 484 g/mol. The average molecular weight is 511 g/mol. The van der Waals surface area contributed by atoms with Crippen LogP contribution < -0.4 is 9.75 Å². The third kappa shape index (κ3) is 4.76. The number of ether oxygens (including phenoxy) is 1. The first-order chi connectivity index (χ1) is 19.1. The van der Waals surface area contributed by atoms with Crippen LogP contribution in [0.4, 0.5) is 5.69 Å². The topological polar surface area (TPSA) is 59.7 Å². The SMILES string of the molecule is COc1ccc(C2=NN(c3ccccc3)C(=O)C2=Cc2cn(-c3ccccc3)nc2-c2ccc(C)cc2)cc1. The number of carbonyl (C=O) groups is 1. The van der Waals surface area contributed by atoms with Gasteiger partial charge in [-0.15, -0.1) is 0 Å². The van der Waals surface area contributed by atoms with Crippen molar-refractivity contribution < 1.29 is 9.53 Å². The number of methoxy groups -OCH3 is 1. The fourth-order valence-corrected chi connectivity index (χ4v) is 4.55. The summed E-state index contributed by atoms with van der Waals surface area (Å²) in [6.45, 7) is 2.06. The summed E-state index contributed by atoms with van der Waals surface area (Å²) in [7, 11) is 1.63. The second-order valence-electron chi connectivity index (χ2n) is 9.27. The number of hydrogen-bond donors (Lipinski definition) is 0. The number of nitrogens with zero attached hydrogens (tertiary/aromatic N) is 4. The molecule has 1 aliphatic rings. The normalized spacial score (nSPS) is 14.1. The Morgan fingerprint density at radius 3 is 2.00 bits per heavy atom. The molecule has 1 aliphatic heterocycles. The van der Waals surface area contributed by atoms with Gasteiger partial charge in [0.2, 0.25) is 0 Å². The van der Waals surface area contributed by atoms with Crippen molar-refractivity contribution in [2.45, 2.75) is 6.92 Å². The highest BCUT2D eigenvalue weighted by molar-refractivity contribution is 6.37. The zero-order chi connectivity index (χ0) is 26.8. The molecule has 190 valence electrons. The highest BCUT2D eigenvalue weighted by Gasteiger charge is 2.32. The lowest BCUT2D eigenvalue weighted by atomic mass is 9.99. The number of para-hydroxylation sites is 2. The molecule has 0 radical (unpaired) electrons. The van der Waals surface area contributed by atoms with E-state index in [0.29, 0.717) is 17.0 Å². The number of hydrogen-bond acceptors (Lipinski definition) is 4.